The highest BCUT2D eigenvalue weighted by molar-refractivity contribution is 5.94. The minimum absolute atomic E-state index is 0.0189. The molecular formula is C21H24N2O3. The number of carbonyl (C=O) groups is 2. The number of benzene rings is 2. The lowest BCUT2D eigenvalue weighted by molar-refractivity contribution is 0.0544. The van der Waals surface area contributed by atoms with Gasteiger partial charge >= 0.3 is 6.09 Å². The summed E-state index contributed by atoms with van der Waals surface area (Å²) in [4.78, 5) is 28.3. The fourth-order valence-electron chi connectivity index (χ4n) is 2.96. The molecule has 2 aromatic carbocycles. The molecule has 1 aliphatic heterocycles. The predicted octanol–water partition coefficient (Wildman–Crippen LogP) is 3.40. The molecule has 0 aliphatic carbocycles. The van der Waals surface area contributed by atoms with Gasteiger partial charge in [-0.05, 0) is 42.7 Å². The van der Waals surface area contributed by atoms with Gasteiger partial charge in [0.15, 0.2) is 0 Å². The predicted molar refractivity (Wildman–Crippen MR) is 100 cm³/mol. The molecule has 0 radical (unpaired) electrons. The molecule has 0 N–H and O–H groups in total. The third-order valence-corrected chi connectivity index (χ3v) is 4.78. The number of amides is 2. The van der Waals surface area contributed by atoms with Crippen molar-refractivity contribution in [2.75, 3.05) is 26.2 Å². The molecule has 0 saturated carbocycles. The summed E-state index contributed by atoms with van der Waals surface area (Å²) in [6, 6.07) is 15.4. The molecule has 26 heavy (non-hydrogen) atoms. The van der Waals surface area contributed by atoms with E-state index in [9.17, 15) is 9.59 Å². The van der Waals surface area contributed by atoms with Gasteiger partial charge in [0.2, 0.25) is 0 Å². The summed E-state index contributed by atoms with van der Waals surface area (Å²) in [6.07, 6.45) is -0.327. The van der Waals surface area contributed by atoms with Crippen LogP contribution in [0.1, 0.15) is 27.0 Å². The van der Waals surface area contributed by atoms with Gasteiger partial charge < -0.3 is 14.5 Å². The minimum Gasteiger partial charge on any atom is -0.445 e. The molecule has 0 unspecified atom stereocenters. The lowest BCUT2D eigenvalue weighted by Gasteiger charge is -2.34. The second-order valence-corrected chi connectivity index (χ2v) is 6.62. The number of hydrogen-bond donors (Lipinski definition) is 0. The topological polar surface area (TPSA) is 49.9 Å². The van der Waals surface area contributed by atoms with Crippen LogP contribution in [0.2, 0.25) is 0 Å². The fourth-order valence-corrected chi connectivity index (χ4v) is 2.96. The van der Waals surface area contributed by atoms with Crippen molar-refractivity contribution in [1.29, 1.82) is 0 Å². The monoisotopic (exact) mass is 352 g/mol. The van der Waals surface area contributed by atoms with E-state index < -0.39 is 0 Å². The average molecular weight is 352 g/mol. The number of piperazine rings is 1. The van der Waals surface area contributed by atoms with E-state index in [1.54, 1.807) is 9.80 Å². The maximum Gasteiger partial charge on any atom is 0.410 e. The first-order valence-corrected chi connectivity index (χ1v) is 8.87. The van der Waals surface area contributed by atoms with Gasteiger partial charge in [-0.15, -0.1) is 0 Å². The zero-order valence-electron chi connectivity index (χ0n) is 15.3. The van der Waals surface area contributed by atoms with Crippen LogP contribution < -0.4 is 0 Å². The zero-order valence-corrected chi connectivity index (χ0v) is 15.3. The van der Waals surface area contributed by atoms with Crippen molar-refractivity contribution in [2.24, 2.45) is 0 Å². The number of nitrogens with zero attached hydrogens (tertiary/aromatic N) is 2. The van der Waals surface area contributed by atoms with Crippen LogP contribution in [0, 0.1) is 13.8 Å². The van der Waals surface area contributed by atoms with Gasteiger partial charge in [-0.25, -0.2) is 4.79 Å². The molecule has 136 valence electrons. The minimum atomic E-state index is -0.327. The Morgan fingerprint density at radius 3 is 2.19 bits per heavy atom. The zero-order chi connectivity index (χ0) is 18.5. The fraction of sp³-hybridized carbons (Fsp3) is 0.333. The summed E-state index contributed by atoms with van der Waals surface area (Å²) in [5.74, 6) is 0.0189. The first kappa shape index (κ1) is 18.0. The highest BCUT2D eigenvalue weighted by Crippen LogP contribution is 2.14. The van der Waals surface area contributed by atoms with Crippen molar-refractivity contribution in [1.82, 2.24) is 9.80 Å². The molecule has 3 rings (SSSR count). The Labute approximate surface area is 154 Å². The summed E-state index contributed by atoms with van der Waals surface area (Å²) in [5.41, 5.74) is 3.95. The van der Waals surface area contributed by atoms with Gasteiger partial charge in [0, 0.05) is 31.7 Å². The van der Waals surface area contributed by atoms with E-state index in [1.807, 2.05) is 62.4 Å². The first-order chi connectivity index (χ1) is 12.5. The van der Waals surface area contributed by atoms with Gasteiger partial charge in [0.25, 0.3) is 5.91 Å². The number of ether oxygens (including phenoxy) is 1. The summed E-state index contributed by atoms with van der Waals surface area (Å²) in [7, 11) is 0. The van der Waals surface area contributed by atoms with Crippen molar-refractivity contribution < 1.29 is 14.3 Å². The molecule has 0 spiro atoms. The van der Waals surface area contributed by atoms with Crippen LogP contribution in [-0.2, 0) is 11.3 Å². The largest absolute Gasteiger partial charge is 0.445 e. The second-order valence-electron chi connectivity index (χ2n) is 6.62. The number of rotatable bonds is 3. The molecule has 2 aromatic rings. The highest BCUT2D eigenvalue weighted by atomic mass is 16.6. The van der Waals surface area contributed by atoms with E-state index >= 15 is 0 Å². The lowest BCUT2D eigenvalue weighted by atomic mass is 10.1. The van der Waals surface area contributed by atoms with Crippen molar-refractivity contribution in [2.45, 2.75) is 20.5 Å². The van der Waals surface area contributed by atoms with Crippen molar-refractivity contribution >= 4 is 12.0 Å². The summed E-state index contributed by atoms with van der Waals surface area (Å²) in [5, 5.41) is 0. The summed E-state index contributed by atoms with van der Waals surface area (Å²) >= 11 is 0. The molecule has 5 heteroatoms. The van der Waals surface area contributed by atoms with Crippen LogP contribution in [0.4, 0.5) is 4.79 Å². The normalized spacial score (nSPS) is 14.2. The van der Waals surface area contributed by atoms with E-state index in [0.717, 1.165) is 11.1 Å². The van der Waals surface area contributed by atoms with Crippen LogP contribution in [0.3, 0.4) is 0 Å². The molecule has 2 amide bonds. The Kier molecular flexibility index (Phi) is 5.56. The molecular weight excluding hydrogens is 328 g/mol. The second kappa shape index (κ2) is 8.04. The highest BCUT2D eigenvalue weighted by Gasteiger charge is 2.25. The summed E-state index contributed by atoms with van der Waals surface area (Å²) < 4.78 is 5.36. The quantitative estimate of drug-likeness (QED) is 0.851. The van der Waals surface area contributed by atoms with Crippen LogP contribution in [0.5, 0.6) is 0 Å². The SMILES string of the molecule is Cc1ccc(C(=O)N2CCN(C(=O)OCc3ccccc3)CC2)cc1C. The van der Waals surface area contributed by atoms with Crippen molar-refractivity contribution in [3.63, 3.8) is 0 Å². The van der Waals surface area contributed by atoms with E-state index in [4.69, 9.17) is 4.74 Å². The Hall–Kier alpha value is -2.82. The van der Waals surface area contributed by atoms with Gasteiger partial charge in [-0.3, -0.25) is 4.79 Å². The molecule has 1 fully saturated rings. The van der Waals surface area contributed by atoms with Gasteiger partial charge in [-0.2, -0.15) is 0 Å². The van der Waals surface area contributed by atoms with E-state index in [1.165, 1.54) is 5.56 Å². The standard InChI is InChI=1S/C21H24N2O3/c1-16-8-9-19(14-17(16)2)20(24)22-10-12-23(13-11-22)21(25)26-15-18-6-4-3-5-7-18/h3-9,14H,10-13,15H2,1-2H3. The van der Waals surface area contributed by atoms with Crippen LogP contribution >= 0.6 is 0 Å². The maximum absolute atomic E-state index is 12.6. The van der Waals surface area contributed by atoms with E-state index in [-0.39, 0.29) is 18.6 Å². The van der Waals surface area contributed by atoms with Gasteiger partial charge in [-0.1, -0.05) is 36.4 Å². The Morgan fingerprint density at radius 2 is 1.54 bits per heavy atom. The maximum atomic E-state index is 12.6. The Morgan fingerprint density at radius 1 is 0.885 bits per heavy atom. The molecule has 0 bridgehead atoms. The van der Waals surface area contributed by atoms with Crippen LogP contribution in [0.15, 0.2) is 48.5 Å². The Bertz CT molecular complexity index is 781. The number of carbonyl (C=O) groups excluding carboxylic acids is 2. The Balaban J connectivity index is 1.51. The molecule has 1 aliphatic rings. The van der Waals surface area contributed by atoms with E-state index in [0.29, 0.717) is 31.7 Å². The first-order valence-electron chi connectivity index (χ1n) is 8.87. The van der Waals surface area contributed by atoms with Gasteiger partial charge in [0.05, 0.1) is 0 Å². The molecule has 0 aromatic heterocycles. The van der Waals surface area contributed by atoms with Gasteiger partial charge in [0.1, 0.15) is 6.61 Å². The number of aryl methyl sites for hydroxylation is 2. The lowest BCUT2D eigenvalue weighted by Crippen LogP contribution is -2.50. The molecule has 0 atom stereocenters. The number of hydrogen-bond acceptors (Lipinski definition) is 3. The average Bonchev–Trinajstić information content (AvgIpc) is 2.68. The molecule has 1 saturated heterocycles. The smallest absolute Gasteiger partial charge is 0.410 e. The third-order valence-electron chi connectivity index (χ3n) is 4.78. The molecule has 1 heterocycles. The third kappa shape index (κ3) is 4.23. The van der Waals surface area contributed by atoms with Crippen LogP contribution in [-0.4, -0.2) is 48.0 Å². The van der Waals surface area contributed by atoms with E-state index in [2.05, 4.69) is 0 Å². The van der Waals surface area contributed by atoms with Crippen molar-refractivity contribution in [3.8, 4) is 0 Å². The molecule has 5 nitrogen and oxygen atoms in total. The summed E-state index contributed by atoms with van der Waals surface area (Å²) in [6.45, 7) is 6.32. The van der Waals surface area contributed by atoms with Crippen molar-refractivity contribution in [3.05, 3.63) is 70.8 Å². The van der Waals surface area contributed by atoms with Crippen LogP contribution in [0.25, 0.3) is 0 Å².